The summed E-state index contributed by atoms with van der Waals surface area (Å²) in [6.07, 6.45) is 4.05. The van der Waals surface area contributed by atoms with Crippen LogP contribution in [0.15, 0.2) is 65.1 Å². The first-order chi connectivity index (χ1) is 18.1. The van der Waals surface area contributed by atoms with E-state index in [-0.39, 0.29) is 17.7 Å². The van der Waals surface area contributed by atoms with E-state index in [0.29, 0.717) is 25.2 Å². The molecule has 3 N–H and O–H groups in total. The number of anilines is 1. The van der Waals surface area contributed by atoms with Gasteiger partial charge in [0.1, 0.15) is 11.5 Å². The molecule has 2 amide bonds. The number of nitrogens with zero attached hydrogens (tertiary/aromatic N) is 3. The molecule has 2 aromatic carbocycles. The van der Waals surface area contributed by atoms with Gasteiger partial charge in [0.25, 0.3) is 5.91 Å². The van der Waals surface area contributed by atoms with Gasteiger partial charge < -0.3 is 20.5 Å². The van der Waals surface area contributed by atoms with Crippen LogP contribution in [0.5, 0.6) is 0 Å². The number of aromatic amines is 1. The zero-order valence-electron chi connectivity index (χ0n) is 20.4. The van der Waals surface area contributed by atoms with Crippen LogP contribution in [0.2, 0.25) is 0 Å². The normalized spacial score (nSPS) is 16.0. The Morgan fingerprint density at radius 1 is 1.11 bits per heavy atom. The van der Waals surface area contributed by atoms with Gasteiger partial charge in [-0.1, -0.05) is 30.3 Å². The number of hydrogen-bond acceptors (Lipinski definition) is 6. The minimum absolute atomic E-state index is 0.156. The molecule has 0 spiro atoms. The molecule has 8 nitrogen and oxygen atoms in total. The maximum atomic E-state index is 13.0. The first-order valence-corrected chi connectivity index (χ1v) is 13.5. The number of likely N-dealkylation sites (tertiary alicyclic amines) is 1. The second-order valence-corrected chi connectivity index (χ2v) is 10.3. The predicted molar refractivity (Wildman–Crippen MR) is 146 cm³/mol. The number of amides is 2. The largest absolute Gasteiger partial charge is 0.368 e. The van der Waals surface area contributed by atoms with E-state index >= 15 is 0 Å². The van der Waals surface area contributed by atoms with Crippen molar-refractivity contribution in [2.75, 3.05) is 31.5 Å². The monoisotopic (exact) mass is 512 g/mol. The fourth-order valence-corrected chi connectivity index (χ4v) is 6.01. The van der Waals surface area contributed by atoms with Gasteiger partial charge in [-0.3, -0.25) is 14.6 Å². The number of fused-ring (bicyclic) bond motifs is 1. The molecule has 6 rings (SSSR count). The topological polar surface area (TPSA) is 102 Å². The zero-order chi connectivity index (χ0) is 25.2. The number of nitrogens with one attached hydrogen (secondary N) is 3. The summed E-state index contributed by atoms with van der Waals surface area (Å²) in [5, 5.41) is 10.1. The molecule has 4 aromatic rings. The molecule has 4 heterocycles. The van der Waals surface area contributed by atoms with Gasteiger partial charge >= 0.3 is 0 Å². The van der Waals surface area contributed by atoms with Gasteiger partial charge in [-0.2, -0.15) is 0 Å². The highest BCUT2D eigenvalue weighted by Gasteiger charge is 2.27. The van der Waals surface area contributed by atoms with Crippen LogP contribution < -0.4 is 10.6 Å². The Bertz CT molecular complexity index is 1480. The Balaban J connectivity index is 1.04. The Hall–Kier alpha value is -3.98. The molecular formula is C28H28N6O2S. The Morgan fingerprint density at radius 2 is 1.97 bits per heavy atom. The molecule has 1 fully saturated rings. The van der Waals surface area contributed by atoms with Gasteiger partial charge in [0.2, 0.25) is 5.91 Å². The number of rotatable bonds is 6. The van der Waals surface area contributed by atoms with E-state index in [1.54, 1.807) is 0 Å². The molecule has 37 heavy (non-hydrogen) atoms. The van der Waals surface area contributed by atoms with Gasteiger partial charge in [-0.05, 0) is 36.6 Å². The summed E-state index contributed by atoms with van der Waals surface area (Å²) < 4.78 is 0. The third-order valence-corrected chi connectivity index (χ3v) is 8.04. The summed E-state index contributed by atoms with van der Waals surface area (Å²) >= 11 is 1.52. The average Bonchev–Trinajstić information content (AvgIpc) is 3.71. The highest BCUT2D eigenvalue weighted by atomic mass is 32.1. The summed E-state index contributed by atoms with van der Waals surface area (Å²) in [4.78, 5) is 40.1. The summed E-state index contributed by atoms with van der Waals surface area (Å²) in [6.45, 7) is 3.02. The highest BCUT2D eigenvalue weighted by molar-refractivity contribution is 7.10. The number of thiazole rings is 1. The lowest BCUT2D eigenvalue weighted by Gasteiger charge is -2.31. The van der Waals surface area contributed by atoms with Crippen molar-refractivity contribution in [1.29, 1.82) is 0 Å². The molecule has 2 aromatic heterocycles. The molecule has 0 unspecified atom stereocenters. The molecule has 0 aliphatic carbocycles. The Morgan fingerprint density at radius 3 is 2.81 bits per heavy atom. The number of aromatic nitrogens is 2. The van der Waals surface area contributed by atoms with E-state index in [9.17, 15) is 9.59 Å². The summed E-state index contributed by atoms with van der Waals surface area (Å²) in [6, 6.07) is 15.7. The molecule has 9 heteroatoms. The van der Waals surface area contributed by atoms with Crippen molar-refractivity contribution in [3.63, 3.8) is 0 Å². The smallest absolute Gasteiger partial charge is 0.275 e. The lowest BCUT2D eigenvalue weighted by molar-refractivity contribution is -0.131. The standard InChI is InChI=1S/C28H28N6O2S/c35-25(15-20-16-31-23-7-2-1-6-22(20)23)34-12-8-18(9-13-34)28-33-24(17-37-28)27(36)32-21-5-3-4-19(14-21)26-29-10-11-30-26/h1-7,14,16-18,31H,8-13,15H2,(H,29,30)(H,32,36). The summed E-state index contributed by atoms with van der Waals surface area (Å²) in [5.74, 6) is 1.06. The molecule has 0 bridgehead atoms. The van der Waals surface area contributed by atoms with Crippen molar-refractivity contribution < 1.29 is 9.59 Å². The van der Waals surface area contributed by atoms with E-state index in [1.165, 1.54) is 11.3 Å². The van der Waals surface area contributed by atoms with Crippen LogP contribution in [0.4, 0.5) is 5.69 Å². The number of amidine groups is 1. The van der Waals surface area contributed by atoms with E-state index < -0.39 is 0 Å². The lowest BCUT2D eigenvalue weighted by atomic mass is 9.97. The molecule has 2 aliphatic heterocycles. The minimum atomic E-state index is -0.215. The van der Waals surface area contributed by atoms with E-state index in [2.05, 4.69) is 31.7 Å². The maximum absolute atomic E-state index is 13.0. The van der Waals surface area contributed by atoms with E-state index in [4.69, 9.17) is 0 Å². The van der Waals surface area contributed by atoms with Gasteiger partial charge in [-0.25, -0.2) is 4.98 Å². The number of carbonyl (C=O) groups excluding carboxylic acids is 2. The number of hydrogen-bond donors (Lipinski definition) is 3. The average molecular weight is 513 g/mol. The highest BCUT2D eigenvalue weighted by Crippen LogP contribution is 2.31. The van der Waals surface area contributed by atoms with Gasteiger partial charge in [-0.15, -0.1) is 11.3 Å². The molecule has 1 saturated heterocycles. The van der Waals surface area contributed by atoms with Crippen molar-refractivity contribution in [3.8, 4) is 0 Å². The van der Waals surface area contributed by atoms with Crippen LogP contribution in [0.3, 0.4) is 0 Å². The van der Waals surface area contributed by atoms with Gasteiger partial charge in [0.05, 0.1) is 18.0 Å². The second-order valence-electron chi connectivity index (χ2n) is 9.45. The molecule has 0 atom stereocenters. The summed E-state index contributed by atoms with van der Waals surface area (Å²) in [7, 11) is 0. The van der Waals surface area contributed by atoms with Crippen molar-refractivity contribution in [2.24, 2.45) is 4.99 Å². The van der Waals surface area contributed by atoms with Crippen molar-refractivity contribution >= 4 is 45.6 Å². The molecule has 188 valence electrons. The third-order valence-electron chi connectivity index (χ3n) is 7.04. The number of aliphatic imine (C=N–C) groups is 1. The first-order valence-electron chi connectivity index (χ1n) is 12.6. The minimum Gasteiger partial charge on any atom is -0.368 e. The number of H-pyrrole nitrogens is 1. The van der Waals surface area contributed by atoms with Crippen LogP contribution in [0.25, 0.3) is 10.9 Å². The molecule has 2 aliphatic rings. The maximum Gasteiger partial charge on any atom is 0.275 e. The fourth-order valence-electron chi connectivity index (χ4n) is 5.04. The Kier molecular flexibility index (Phi) is 6.44. The number of para-hydroxylation sites is 1. The lowest BCUT2D eigenvalue weighted by Crippen LogP contribution is -2.38. The van der Waals surface area contributed by atoms with Gasteiger partial charge in [0, 0.05) is 59.3 Å². The SMILES string of the molecule is O=C(Nc1cccc(C2=NCCN2)c1)c1csc(C2CCN(C(=O)Cc3c[nH]c4ccccc34)CC2)n1. The molecular weight excluding hydrogens is 484 g/mol. The van der Waals surface area contributed by atoms with Crippen LogP contribution in [-0.4, -0.2) is 58.7 Å². The van der Waals surface area contributed by atoms with Gasteiger partial charge in [0.15, 0.2) is 0 Å². The molecule has 0 radical (unpaired) electrons. The molecule has 0 saturated carbocycles. The second kappa shape index (κ2) is 10.2. The van der Waals surface area contributed by atoms with Crippen LogP contribution in [0, 0.1) is 0 Å². The number of piperidine rings is 1. The van der Waals surface area contributed by atoms with E-state index in [0.717, 1.165) is 64.5 Å². The Labute approximate surface area is 218 Å². The third kappa shape index (κ3) is 4.99. The first kappa shape index (κ1) is 23.4. The van der Waals surface area contributed by atoms with Crippen molar-refractivity contribution in [3.05, 3.63) is 81.9 Å². The van der Waals surface area contributed by atoms with E-state index in [1.807, 2.05) is 58.9 Å². The number of benzene rings is 2. The summed E-state index contributed by atoms with van der Waals surface area (Å²) in [5.41, 5.74) is 4.20. The fraction of sp³-hybridized carbons (Fsp3) is 0.286. The van der Waals surface area contributed by atoms with Crippen molar-refractivity contribution in [1.82, 2.24) is 20.2 Å². The van der Waals surface area contributed by atoms with Crippen molar-refractivity contribution in [2.45, 2.75) is 25.2 Å². The zero-order valence-corrected chi connectivity index (χ0v) is 21.2. The van der Waals surface area contributed by atoms with Crippen LogP contribution >= 0.6 is 11.3 Å². The van der Waals surface area contributed by atoms with Crippen LogP contribution in [-0.2, 0) is 11.2 Å². The van der Waals surface area contributed by atoms with Crippen LogP contribution in [0.1, 0.15) is 45.4 Å². The number of carbonyl (C=O) groups is 2. The quantitative estimate of drug-likeness (QED) is 0.361. The predicted octanol–water partition coefficient (Wildman–Crippen LogP) is 4.18.